The van der Waals surface area contributed by atoms with Crippen LogP contribution in [0.25, 0.3) is 0 Å². The highest BCUT2D eigenvalue weighted by molar-refractivity contribution is 5.68. The van der Waals surface area contributed by atoms with Crippen LogP contribution in [0.4, 0.5) is 0 Å². The Kier molecular flexibility index (Phi) is 3.51. The first kappa shape index (κ1) is 11.3. The Morgan fingerprint density at radius 3 is 2.80 bits per heavy atom. The van der Waals surface area contributed by atoms with E-state index < -0.39 is 12.0 Å². The maximum Gasteiger partial charge on any atom is 0.305 e. The molecule has 0 heterocycles. The highest BCUT2D eigenvalue weighted by Gasteiger charge is 2.15. The maximum atomic E-state index is 10.5. The zero-order chi connectivity index (χ0) is 11.4. The van der Waals surface area contributed by atoms with E-state index in [-0.39, 0.29) is 12.2 Å². The van der Waals surface area contributed by atoms with Crippen LogP contribution in [0.2, 0.25) is 0 Å². The second kappa shape index (κ2) is 4.65. The number of methoxy groups -OCH3 is 1. The van der Waals surface area contributed by atoms with Crippen LogP contribution in [0.3, 0.4) is 0 Å². The normalized spacial score (nSPS) is 12.1. The van der Waals surface area contributed by atoms with Gasteiger partial charge in [-0.05, 0) is 18.2 Å². The average Bonchev–Trinajstić information content (AvgIpc) is 2.17. The number of hydrogen-bond donors (Lipinski definition) is 3. The van der Waals surface area contributed by atoms with Gasteiger partial charge in [0, 0.05) is 11.6 Å². The lowest BCUT2D eigenvalue weighted by atomic mass is 10.0. The zero-order valence-corrected chi connectivity index (χ0v) is 8.30. The number of phenolic OH excluding ortho intramolecular Hbond substituents is 1. The molecule has 82 valence electrons. The number of ether oxygens (including phenoxy) is 1. The van der Waals surface area contributed by atoms with Crippen molar-refractivity contribution in [3.05, 3.63) is 23.8 Å². The van der Waals surface area contributed by atoms with Gasteiger partial charge in [0.25, 0.3) is 0 Å². The molecule has 4 N–H and O–H groups in total. The molecule has 0 amide bonds. The number of carboxylic acids is 1. The summed E-state index contributed by atoms with van der Waals surface area (Å²) in [7, 11) is 1.49. The smallest absolute Gasteiger partial charge is 0.305 e. The summed E-state index contributed by atoms with van der Waals surface area (Å²) in [6.07, 6.45) is -0.235. The summed E-state index contributed by atoms with van der Waals surface area (Å²) in [5.41, 5.74) is 6.00. The Balaban J connectivity index is 2.95. The Labute approximate surface area is 87.1 Å². The summed E-state index contributed by atoms with van der Waals surface area (Å²) in [5, 5.41) is 18.1. The molecule has 0 aliphatic heterocycles. The van der Waals surface area contributed by atoms with Crippen molar-refractivity contribution >= 4 is 5.97 Å². The molecular weight excluding hydrogens is 198 g/mol. The van der Waals surface area contributed by atoms with Crippen LogP contribution in [-0.4, -0.2) is 23.3 Å². The number of benzene rings is 1. The van der Waals surface area contributed by atoms with E-state index in [0.717, 1.165) is 0 Å². The number of aliphatic carboxylic acids is 1. The van der Waals surface area contributed by atoms with E-state index in [1.165, 1.54) is 19.2 Å². The Hall–Kier alpha value is -1.75. The van der Waals surface area contributed by atoms with Gasteiger partial charge in [0.15, 0.2) is 0 Å². The van der Waals surface area contributed by atoms with Crippen LogP contribution in [0.15, 0.2) is 18.2 Å². The second-order valence-electron chi connectivity index (χ2n) is 3.13. The Bertz CT molecular complexity index is 364. The van der Waals surface area contributed by atoms with E-state index in [4.69, 9.17) is 15.6 Å². The number of carboxylic acid groups (broad SMARTS) is 1. The average molecular weight is 211 g/mol. The van der Waals surface area contributed by atoms with Crippen molar-refractivity contribution in [2.75, 3.05) is 7.11 Å². The number of aromatic hydroxyl groups is 1. The van der Waals surface area contributed by atoms with E-state index in [1.807, 2.05) is 0 Å². The molecule has 5 heteroatoms. The van der Waals surface area contributed by atoms with E-state index in [0.29, 0.717) is 11.3 Å². The minimum absolute atomic E-state index is 0.0236. The topological polar surface area (TPSA) is 92.8 Å². The van der Waals surface area contributed by atoms with E-state index in [1.54, 1.807) is 6.07 Å². The number of phenols is 1. The third kappa shape index (κ3) is 2.85. The minimum atomic E-state index is -1.01. The van der Waals surface area contributed by atoms with Crippen LogP contribution < -0.4 is 10.5 Å². The van der Waals surface area contributed by atoms with Crippen LogP contribution in [0, 0.1) is 0 Å². The molecule has 0 unspecified atom stereocenters. The number of rotatable bonds is 4. The molecule has 1 aromatic carbocycles. The molecule has 0 spiro atoms. The van der Waals surface area contributed by atoms with Crippen molar-refractivity contribution in [1.29, 1.82) is 0 Å². The molecule has 0 saturated heterocycles. The zero-order valence-electron chi connectivity index (χ0n) is 8.30. The van der Waals surface area contributed by atoms with Gasteiger partial charge in [-0.15, -0.1) is 0 Å². The highest BCUT2D eigenvalue weighted by atomic mass is 16.5. The summed E-state index contributed by atoms with van der Waals surface area (Å²) in [4.78, 5) is 10.5. The lowest BCUT2D eigenvalue weighted by molar-refractivity contribution is -0.137. The fraction of sp³-hybridized carbons (Fsp3) is 0.300. The van der Waals surface area contributed by atoms with E-state index in [2.05, 4.69) is 0 Å². The summed E-state index contributed by atoms with van der Waals surface area (Å²) in [6.45, 7) is 0. The Morgan fingerprint density at radius 2 is 2.27 bits per heavy atom. The minimum Gasteiger partial charge on any atom is -0.508 e. The van der Waals surface area contributed by atoms with Crippen molar-refractivity contribution in [3.63, 3.8) is 0 Å². The van der Waals surface area contributed by atoms with Crippen LogP contribution >= 0.6 is 0 Å². The molecule has 1 aromatic rings. The molecule has 0 saturated carbocycles. The van der Waals surface area contributed by atoms with Gasteiger partial charge < -0.3 is 20.7 Å². The predicted octanol–water partition coefficient (Wildman–Crippen LogP) is 0.875. The molecule has 0 aliphatic carbocycles. The molecule has 0 radical (unpaired) electrons. The molecule has 0 aliphatic rings. The van der Waals surface area contributed by atoms with Crippen molar-refractivity contribution in [3.8, 4) is 11.5 Å². The lowest BCUT2D eigenvalue weighted by Crippen LogP contribution is -2.15. The molecule has 0 fully saturated rings. The predicted molar refractivity (Wildman–Crippen MR) is 53.8 cm³/mol. The van der Waals surface area contributed by atoms with Gasteiger partial charge in [-0.25, -0.2) is 0 Å². The quantitative estimate of drug-likeness (QED) is 0.687. The van der Waals surface area contributed by atoms with E-state index in [9.17, 15) is 9.90 Å². The second-order valence-corrected chi connectivity index (χ2v) is 3.13. The third-order valence-corrected chi connectivity index (χ3v) is 2.03. The molecule has 1 atom stereocenters. The molecular formula is C10H13NO4. The first-order valence-electron chi connectivity index (χ1n) is 4.39. The summed E-state index contributed by atoms with van der Waals surface area (Å²) in [6, 6.07) is 3.79. The fourth-order valence-corrected chi connectivity index (χ4v) is 1.25. The van der Waals surface area contributed by atoms with Crippen molar-refractivity contribution < 1.29 is 19.7 Å². The summed E-state index contributed by atoms with van der Waals surface area (Å²) >= 11 is 0. The molecule has 0 aromatic heterocycles. The van der Waals surface area contributed by atoms with Crippen LogP contribution in [0.5, 0.6) is 11.5 Å². The third-order valence-electron chi connectivity index (χ3n) is 2.03. The van der Waals surface area contributed by atoms with Gasteiger partial charge >= 0.3 is 5.97 Å². The van der Waals surface area contributed by atoms with Crippen molar-refractivity contribution in [2.45, 2.75) is 12.5 Å². The van der Waals surface area contributed by atoms with Gasteiger partial charge in [0.2, 0.25) is 0 Å². The molecule has 0 bridgehead atoms. The van der Waals surface area contributed by atoms with Gasteiger partial charge in [0.05, 0.1) is 13.5 Å². The largest absolute Gasteiger partial charge is 0.508 e. The van der Waals surface area contributed by atoms with E-state index >= 15 is 0 Å². The number of nitrogens with two attached hydrogens (primary N) is 1. The molecule has 15 heavy (non-hydrogen) atoms. The van der Waals surface area contributed by atoms with Crippen LogP contribution in [-0.2, 0) is 4.79 Å². The summed E-state index contributed by atoms with van der Waals surface area (Å²) in [5.74, 6) is -0.502. The highest BCUT2D eigenvalue weighted by Crippen LogP contribution is 2.28. The molecule has 1 rings (SSSR count). The standard InChI is InChI=1S/C10H13NO4/c1-15-6-2-3-9(12)7(4-6)8(11)5-10(13)14/h2-4,8,12H,5,11H2,1H3,(H,13,14)/t8-/m1/s1. The molecule has 5 nitrogen and oxygen atoms in total. The van der Waals surface area contributed by atoms with Gasteiger partial charge in [-0.1, -0.05) is 0 Å². The van der Waals surface area contributed by atoms with Crippen LogP contribution in [0.1, 0.15) is 18.0 Å². The summed E-state index contributed by atoms with van der Waals surface area (Å²) < 4.78 is 4.95. The maximum absolute atomic E-state index is 10.5. The number of hydrogen-bond acceptors (Lipinski definition) is 4. The monoisotopic (exact) mass is 211 g/mol. The SMILES string of the molecule is COc1ccc(O)c([C@H](N)CC(=O)O)c1. The first-order chi connectivity index (χ1) is 7.04. The van der Waals surface area contributed by atoms with Gasteiger partial charge in [0.1, 0.15) is 11.5 Å². The van der Waals surface area contributed by atoms with Gasteiger partial charge in [-0.2, -0.15) is 0 Å². The first-order valence-corrected chi connectivity index (χ1v) is 4.39. The van der Waals surface area contributed by atoms with Gasteiger partial charge in [-0.3, -0.25) is 4.79 Å². The fourth-order valence-electron chi connectivity index (χ4n) is 1.25. The lowest BCUT2D eigenvalue weighted by Gasteiger charge is -2.12. The van der Waals surface area contributed by atoms with Crippen molar-refractivity contribution in [1.82, 2.24) is 0 Å². The number of carbonyl (C=O) groups is 1. The van der Waals surface area contributed by atoms with Crippen molar-refractivity contribution in [2.24, 2.45) is 5.73 Å². The Morgan fingerprint density at radius 1 is 1.60 bits per heavy atom.